The van der Waals surface area contributed by atoms with Crippen molar-refractivity contribution in [1.82, 2.24) is 4.90 Å². The topological polar surface area (TPSA) is 12.5 Å². The maximum atomic E-state index is 6.28. The van der Waals surface area contributed by atoms with Gasteiger partial charge in [-0.05, 0) is 43.6 Å². The van der Waals surface area contributed by atoms with Gasteiger partial charge in [-0.15, -0.1) is 0 Å². The van der Waals surface area contributed by atoms with Gasteiger partial charge in [-0.3, -0.25) is 4.90 Å². The van der Waals surface area contributed by atoms with Crippen LogP contribution in [0.1, 0.15) is 24.0 Å². The van der Waals surface area contributed by atoms with Gasteiger partial charge in [-0.25, -0.2) is 0 Å². The first-order valence-corrected chi connectivity index (χ1v) is 8.33. The smallest absolute Gasteiger partial charge is 0.123 e. The first-order valence-electron chi connectivity index (χ1n) is 7.95. The number of para-hydroxylation sites is 1. The molecule has 1 spiro atoms. The van der Waals surface area contributed by atoms with Crippen molar-refractivity contribution >= 4 is 11.6 Å². The Bertz CT molecular complexity index is 677. The third kappa shape index (κ3) is 2.41. The molecule has 0 atom stereocenters. The molecular formula is C19H20ClNO. The van der Waals surface area contributed by atoms with Gasteiger partial charge >= 0.3 is 0 Å². The zero-order chi connectivity index (χ0) is 15.0. The molecule has 2 aromatic rings. The Morgan fingerprint density at radius 1 is 1.00 bits per heavy atom. The highest BCUT2D eigenvalue weighted by Gasteiger charge is 2.42. The van der Waals surface area contributed by atoms with Crippen molar-refractivity contribution in [2.24, 2.45) is 0 Å². The molecule has 3 heteroatoms. The molecule has 0 radical (unpaired) electrons. The predicted molar refractivity (Wildman–Crippen MR) is 89.6 cm³/mol. The van der Waals surface area contributed by atoms with Crippen LogP contribution in [0.25, 0.3) is 0 Å². The normalized spacial score (nSPS) is 19.9. The van der Waals surface area contributed by atoms with E-state index < -0.39 is 0 Å². The van der Waals surface area contributed by atoms with Crippen molar-refractivity contribution in [1.29, 1.82) is 0 Å². The summed E-state index contributed by atoms with van der Waals surface area (Å²) in [6, 6.07) is 16.7. The molecule has 114 valence electrons. The Balaban J connectivity index is 1.47. The molecule has 2 aromatic carbocycles. The lowest BCUT2D eigenvalue weighted by Crippen LogP contribution is -2.43. The van der Waals surface area contributed by atoms with Crippen LogP contribution in [0, 0.1) is 0 Å². The van der Waals surface area contributed by atoms with E-state index in [2.05, 4.69) is 41.3 Å². The largest absolute Gasteiger partial charge is 0.492 e. The van der Waals surface area contributed by atoms with Gasteiger partial charge in [0.15, 0.2) is 0 Å². The molecule has 22 heavy (non-hydrogen) atoms. The van der Waals surface area contributed by atoms with Gasteiger partial charge in [0.1, 0.15) is 5.75 Å². The van der Waals surface area contributed by atoms with Crippen molar-refractivity contribution in [2.75, 3.05) is 19.7 Å². The summed E-state index contributed by atoms with van der Waals surface area (Å²) in [6.07, 6.45) is 2.32. The van der Waals surface area contributed by atoms with Crippen molar-refractivity contribution in [3.63, 3.8) is 0 Å². The van der Waals surface area contributed by atoms with Gasteiger partial charge in [-0.1, -0.05) is 48.0 Å². The van der Waals surface area contributed by atoms with E-state index >= 15 is 0 Å². The van der Waals surface area contributed by atoms with Crippen molar-refractivity contribution in [3.05, 3.63) is 64.7 Å². The lowest BCUT2D eigenvalue weighted by molar-refractivity contribution is 0.130. The molecule has 1 fully saturated rings. The van der Waals surface area contributed by atoms with Gasteiger partial charge in [0.2, 0.25) is 0 Å². The fourth-order valence-electron chi connectivity index (χ4n) is 3.74. The SMILES string of the molecule is Clc1ccccc1CN1CCC2(CC1)COc1ccccc12. The number of ether oxygens (including phenoxy) is 1. The van der Waals surface area contributed by atoms with Crippen LogP contribution in [0.2, 0.25) is 5.02 Å². The molecule has 0 bridgehead atoms. The molecule has 0 N–H and O–H groups in total. The third-order valence-corrected chi connectivity index (χ3v) is 5.50. The van der Waals surface area contributed by atoms with Crippen LogP contribution in [-0.2, 0) is 12.0 Å². The minimum Gasteiger partial charge on any atom is -0.492 e. The molecule has 1 saturated heterocycles. The van der Waals surface area contributed by atoms with Crippen LogP contribution in [0.4, 0.5) is 0 Å². The van der Waals surface area contributed by atoms with E-state index in [1.54, 1.807) is 0 Å². The number of hydrogen-bond donors (Lipinski definition) is 0. The number of piperidine rings is 1. The Hall–Kier alpha value is -1.51. The number of nitrogens with zero attached hydrogens (tertiary/aromatic N) is 1. The Labute approximate surface area is 136 Å². The van der Waals surface area contributed by atoms with E-state index in [4.69, 9.17) is 16.3 Å². The lowest BCUT2D eigenvalue weighted by Gasteiger charge is -2.38. The number of likely N-dealkylation sites (tertiary alicyclic amines) is 1. The summed E-state index contributed by atoms with van der Waals surface area (Å²) in [4.78, 5) is 2.51. The van der Waals surface area contributed by atoms with Crippen molar-refractivity contribution in [3.8, 4) is 5.75 Å². The maximum Gasteiger partial charge on any atom is 0.123 e. The summed E-state index contributed by atoms with van der Waals surface area (Å²) < 4.78 is 5.92. The summed E-state index contributed by atoms with van der Waals surface area (Å²) in [6.45, 7) is 3.98. The maximum absolute atomic E-state index is 6.28. The molecule has 0 aliphatic carbocycles. The summed E-state index contributed by atoms with van der Waals surface area (Å²) in [5.41, 5.74) is 2.86. The number of fused-ring (bicyclic) bond motifs is 2. The second-order valence-corrected chi connectivity index (χ2v) is 6.84. The molecule has 0 amide bonds. The number of hydrogen-bond acceptors (Lipinski definition) is 2. The molecule has 0 aromatic heterocycles. The van der Waals surface area contributed by atoms with Crippen LogP contribution < -0.4 is 4.74 Å². The van der Waals surface area contributed by atoms with Gasteiger partial charge < -0.3 is 4.74 Å². The van der Waals surface area contributed by atoms with E-state index in [-0.39, 0.29) is 5.41 Å². The summed E-state index contributed by atoms with van der Waals surface area (Å²) in [5.74, 6) is 1.09. The summed E-state index contributed by atoms with van der Waals surface area (Å²) in [7, 11) is 0. The Morgan fingerprint density at radius 2 is 1.73 bits per heavy atom. The van der Waals surface area contributed by atoms with Crippen molar-refractivity contribution in [2.45, 2.75) is 24.8 Å². The second kappa shape index (κ2) is 5.60. The standard InChI is InChI=1S/C19H20ClNO/c20-17-7-3-1-5-15(17)13-21-11-9-19(10-12-21)14-22-18-8-4-2-6-16(18)19/h1-8H,9-14H2. The van der Waals surface area contributed by atoms with E-state index in [1.165, 1.54) is 11.1 Å². The van der Waals surface area contributed by atoms with Gasteiger partial charge in [-0.2, -0.15) is 0 Å². The van der Waals surface area contributed by atoms with Gasteiger partial charge in [0.05, 0.1) is 6.61 Å². The zero-order valence-corrected chi connectivity index (χ0v) is 13.4. The van der Waals surface area contributed by atoms with E-state index in [9.17, 15) is 0 Å². The highest BCUT2D eigenvalue weighted by Crippen LogP contribution is 2.45. The third-order valence-electron chi connectivity index (χ3n) is 5.13. The highest BCUT2D eigenvalue weighted by atomic mass is 35.5. The van der Waals surface area contributed by atoms with Crippen molar-refractivity contribution < 1.29 is 4.74 Å². The fraction of sp³-hybridized carbons (Fsp3) is 0.368. The first kappa shape index (κ1) is 14.1. The van der Waals surface area contributed by atoms with Crippen LogP contribution in [0.15, 0.2) is 48.5 Å². The average Bonchev–Trinajstić information content (AvgIpc) is 2.91. The number of rotatable bonds is 2. The highest BCUT2D eigenvalue weighted by molar-refractivity contribution is 6.31. The molecule has 4 rings (SSSR count). The van der Waals surface area contributed by atoms with E-state index in [1.807, 2.05) is 12.1 Å². The van der Waals surface area contributed by atoms with Crippen LogP contribution in [-0.4, -0.2) is 24.6 Å². The Morgan fingerprint density at radius 3 is 2.55 bits per heavy atom. The molecule has 2 aliphatic rings. The summed E-state index contributed by atoms with van der Waals surface area (Å²) in [5, 5.41) is 0.873. The van der Waals surface area contributed by atoms with E-state index in [0.29, 0.717) is 0 Å². The van der Waals surface area contributed by atoms with Crippen LogP contribution in [0.5, 0.6) is 5.75 Å². The van der Waals surface area contributed by atoms with Gasteiger partial charge in [0.25, 0.3) is 0 Å². The quantitative estimate of drug-likeness (QED) is 0.821. The van der Waals surface area contributed by atoms with E-state index in [0.717, 1.165) is 49.9 Å². The van der Waals surface area contributed by atoms with Crippen LogP contribution >= 0.6 is 11.6 Å². The average molecular weight is 314 g/mol. The van der Waals surface area contributed by atoms with Crippen LogP contribution in [0.3, 0.4) is 0 Å². The molecule has 0 unspecified atom stereocenters. The zero-order valence-electron chi connectivity index (χ0n) is 12.6. The second-order valence-electron chi connectivity index (χ2n) is 6.43. The fourth-order valence-corrected chi connectivity index (χ4v) is 3.94. The Kier molecular flexibility index (Phi) is 3.59. The lowest BCUT2D eigenvalue weighted by atomic mass is 9.74. The molecule has 2 heterocycles. The first-order chi connectivity index (χ1) is 10.8. The van der Waals surface area contributed by atoms with Gasteiger partial charge in [0, 0.05) is 22.5 Å². The molecule has 2 nitrogen and oxygen atoms in total. The minimum atomic E-state index is 0.230. The summed E-state index contributed by atoms with van der Waals surface area (Å²) >= 11 is 6.28. The molecule has 2 aliphatic heterocycles. The number of benzene rings is 2. The molecule has 0 saturated carbocycles. The number of halogens is 1. The predicted octanol–water partition coefficient (Wildman–Crippen LogP) is 4.27. The molecular weight excluding hydrogens is 294 g/mol. The minimum absolute atomic E-state index is 0.230. The monoisotopic (exact) mass is 313 g/mol.